The molecule has 1 aromatic rings. The minimum Gasteiger partial charge on any atom is -0.375 e. The van der Waals surface area contributed by atoms with Gasteiger partial charge in [-0.25, -0.2) is 0 Å². The van der Waals surface area contributed by atoms with Crippen LogP contribution in [-0.4, -0.2) is 53.3 Å². The maximum absolute atomic E-state index is 11.9. The van der Waals surface area contributed by atoms with Gasteiger partial charge in [-0.1, -0.05) is 17.8 Å². The molecule has 1 amide bonds. The summed E-state index contributed by atoms with van der Waals surface area (Å²) in [6.45, 7) is 2.83. The number of morpholine rings is 1. The first-order chi connectivity index (χ1) is 9.31. The van der Waals surface area contributed by atoms with E-state index in [9.17, 15) is 4.79 Å². The summed E-state index contributed by atoms with van der Waals surface area (Å²) in [5, 5.41) is 10.8. The summed E-state index contributed by atoms with van der Waals surface area (Å²) in [7, 11) is 0. The Morgan fingerprint density at radius 2 is 2.47 bits per heavy atom. The lowest BCUT2D eigenvalue weighted by Crippen LogP contribution is -2.49. The van der Waals surface area contributed by atoms with E-state index in [-0.39, 0.29) is 5.91 Å². The summed E-state index contributed by atoms with van der Waals surface area (Å²) < 4.78 is 5.81. The Bertz CT molecular complexity index is 421. The maximum Gasteiger partial charge on any atom is 0.240 e. The Morgan fingerprint density at radius 3 is 3.16 bits per heavy atom. The summed E-state index contributed by atoms with van der Waals surface area (Å²) in [4.78, 5) is 14.1. The van der Waals surface area contributed by atoms with Crippen LogP contribution in [0.25, 0.3) is 0 Å². The molecule has 1 unspecified atom stereocenters. The van der Waals surface area contributed by atoms with Gasteiger partial charge in [0.15, 0.2) is 0 Å². The Kier molecular flexibility index (Phi) is 4.05. The Morgan fingerprint density at radius 1 is 1.58 bits per heavy atom. The molecule has 1 N–H and O–H groups in total. The van der Waals surface area contributed by atoms with Crippen LogP contribution in [0, 0.1) is 5.92 Å². The quantitative estimate of drug-likeness (QED) is 0.891. The van der Waals surface area contributed by atoms with Crippen LogP contribution >= 0.6 is 11.3 Å². The molecule has 7 heteroatoms. The molecular formula is C12H18N4O2S. The van der Waals surface area contributed by atoms with Crippen molar-refractivity contribution in [1.82, 2.24) is 15.1 Å². The SMILES string of the molecule is O=C(CN1CCOC(C2CCC2)C1)Nc1nncs1. The van der Waals surface area contributed by atoms with Gasteiger partial charge in [0.1, 0.15) is 5.51 Å². The van der Waals surface area contributed by atoms with Crippen molar-refractivity contribution >= 4 is 22.4 Å². The van der Waals surface area contributed by atoms with Gasteiger partial charge in [0.2, 0.25) is 11.0 Å². The monoisotopic (exact) mass is 282 g/mol. The van der Waals surface area contributed by atoms with Crippen LogP contribution in [0.15, 0.2) is 5.51 Å². The number of hydrogen-bond donors (Lipinski definition) is 1. The Labute approximate surface area is 116 Å². The van der Waals surface area contributed by atoms with Gasteiger partial charge < -0.3 is 4.74 Å². The van der Waals surface area contributed by atoms with Crippen LogP contribution in [0.2, 0.25) is 0 Å². The molecule has 1 saturated carbocycles. The molecule has 2 fully saturated rings. The number of ether oxygens (including phenoxy) is 1. The largest absolute Gasteiger partial charge is 0.375 e. The number of carbonyl (C=O) groups is 1. The van der Waals surface area contributed by atoms with Crippen molar-refractivity contribution < 1.29 is 9.53 Å². The van der Waals surface area contributed by atoms with Crippen LogP contribution < -0.4 is 5.32 Å². The highest BCUT2D eigenvalue weighted by Crippen LogP contribution is 2.32. The highest BCUT2D eigenvalue weighted by Gasteiger charge is 2.32. The molecule has 0 spiro atoms. The number of anilines is 1. The van der Waals surface area contributed by atoms with E-state index in [1.54, 1.807) is 5.51 Å². The summed E-state index contributed by atoms with van der Waals surface area (Å²) in [5.41, 5.74) is 1.61. The fourth-order valence-electron chi connectivity index (χ4n) is 2.56. The summed E-state index contributed by atoms with van der Waals surface area (Å²) >= 11 is 1.33. The second-order valence-corrected chi connectivity index (χ2v) is 5.96. The average molecular weight is 282 g/mol. The van der Waals surface area contributed by atoms with Crippen LogP contribution in [0.3, 0.4) is 0 Å². The fraction of sp³-hybridized carbons (Fsp3) is 0.750. The molecule has 1 aromatic heterocycles. The molecule has 0 bridgehead atoms. The third kappa shape index (κ3) is 3.29. The number of nitrogens with zero attached hydrogens (tertiary/aromatic N) is 3. The smallest absolute Gasteiger partial charge is 0.240 e. The minimum absolute atomic E-state index is 0.0222. The third-order valence-corrected chi connectivity index (χ3v) is 4.43. The first-order valence-electron chi connectivity index (χ1n) is 6.71. The van der Waals surface area contributed by atoms with Crippen molar-refractivity contribution in [3.05, 3.63) is 5.51 Å². The van der Waals surface area contributed by atoms with Crippen molar-refractivity contribution in [2.24, 2.45) is 5.92 Å². The minimum atomic E-state index is -0.0222. The first-order valence-corrected chi connectivity index (χ1v) is 7.59. The van der Waals surface area contributed by atoms with Gasteiger partial charge in [-0.2, -0.15) is 0 Å². The van der Waals surface area contributed by atoms with E-state index in [4.69, 9.17) is 4.74 Å². The summed E-state index contributed by atoms with van der Waals surface area (Å²) in [6, 6.07) is 0. The third-order valence-electron chi connectivity index (χ3n) is 3.83. The van der Waals surface area contributed by atoms with Crippen LogP contribution in [0.1, 0.15) is 19.3 Å². The number of carbonyl (C=O) groups excluding carboxylic acids is 1. The number of rotatable bonds is 4. The van der Waals surface area contributed by atoms with Crippen LogP contribution in [0.4, 0.5) is 5.13 Å². The summed E-state index contributed by atoms with van der Waals surface area (Å²) in [5.74, 6) is 0.681. The highest BCUT2D eigenvalue weighted by atomic mass is 32.1. The molecule has 6 nitrogen and oxygen atoms in total. The van der Waals surface area contributed by atoms with Crippen LogP contribution in [-0.2, 0) is 9.53 Å². The van der Waals surface area contributed by atoms with Gasteiger partial charge in [-0.05, 0) is 18.8 Å². The van der Waals surface area contributed by atoms with Gasteiger partial charge in [0, 0.05) is 13.1 Å². The number of amides is 1. The Hall–Kier alpha value is -1.05. The van der Waals surface area contributed by atoms with Gasteiger partial charge in [0.25, 0.3) is 0 Å². The molecule has 104 valence electrons. The molecule has 1 aliphatic carbocycles. The zero-order chi connectivity index (χ0) is 13.1. The first kappa shape index (κ1) is 13.0. The van der Waals surface area contributed by atoms with Gasteiger partial charge >= 0.3 is 0 Å². The van der Waals surface area contributed by atoms with Crippen molar-refractivity contribution in [3.8, 4) is 0 Å². The zero-order valence-electron chi connectivity index (χ0n) is 10.7. The van der Waals surface area contributed by atoms with E-state index in [0.29, 0.717) is 23.7 Å². The molecular weight excluding hydrogens is 264 g/mol. The van der Waals surface area contributed by atoms with Crippen molar-refractivity contribution in [2.75, 3.05) is 31.6 Å². The summed E-state index contributed by atoms with van der Waals surface area (Å²) in [6.07, 6.45) is 4.18. The van der Waals surface area contributed by atoms with E-state index >= 15 is 0 Å². The van der Waals surface area contributed by atoms with E-state index in [0.717, 1.165) is 19.7 Å². The number of hydrogen-bond acceptors (Lipinski definition) is 6. The average Bonchev–Trinajstić information content (AvgIpc) is 2.79. The molecule has 1 atom stereocenters. The molecule has 1 saturated heterocycles. The van der Waals surface area contributed by atoms with E-state index in [1.807, 2.05) is 0 Å². The van der Waals surface area contributed by atoms with E-state index < -0.39 is 0 Å². The van der Waals surface area contributed by atoms with Gasteiger partial charge in [-0.15, -0.1) is 10.2 Å². The number of nitrogens with one attached hydrogen (secondary N) is 1. The molecule has 0 aromatic carbocycles. The topological polar surface area (TPSA) is 67.3 Å². The molecule has 3 rings (SSSR count). The lowest BCUT2D eigenvalue weighted by Gasteiger charge is -2.40. The predicted octanol–water partition coefficient (Wildman–Crippen LogP) is 0.977. The zero-order valence-corrected chi connectivity index (χ0v) is 11.6. The standard InChI is InChI=1S/C12H18N4O2S/c17-11(14-12-15-13-8-19-12)7-16-4-5-18-10(6-16)9-2-1-3-9/h8-10H,1-7H2,(H,14,15,17). The van der Waals surface area contributed by atoms with Crippen molar-refractivity contribution in [3.63, 3.8) is 0 Å². The second-order valence-electron chi connectivity index (χ2n) is 5.13. The second kappa shape index (κ2) is 5.94. The van der Waals surface area contributed by atoms with Crippen molar-refractivity contribution in [1.29, 1.82) is 0 Å². The fourth-order valence-corrected chi connectivity index (χ4v) is 3.02. The lowest BCUT2D eigenvalue weighted by molar-refractivity contribution is -0.121. The highest BCUT2D eigenvalue weighted by molar-refractivity contribution is 7.13. The molecule has 0 radical (unpaired) electrons. The predicted molar refractivity (Wildman–Crippen MR) is 72.1 cm³/mol. The normalized spacial score (nSPS) is 24.9. The van der Waals surface area contributed by atoms with Crippen molar-refractivity contribution in [2.45, 2.75) is 25.4 Å². The van der Waals surface area contributed by atoms with Gasteiger partial charge in [-0.3, -0.25) is 15.0 Å². The number of aromatic nitrogens is 2. The molecule has 1 aliphatic heterocycles. The van der Waals surface area contributed by atoms with Crippen LogP contribution in [0.5, 0.6) is 0 Å². The van der Waals surface area contributed by atoms with E-state index in [2.05, 4.69) is 20.4 Å². The lowest BCUT2D eigenvalue weighted by atomic mass is 9.80. The Balaban J connectivity index is 1.47. The van der Waals surface area contributed by atoms with E-state index in [1.165, 1.54) is 30.6 Å². The van der Waals surface area contributed by atoms with Gasteiger partial charge in [0.05, 0.1) is 19.3 Å². The maximum atomic E-state index is 11.9. The molecule has 2 heterocycles. The molecule has 19 heavy (non-hydrogen) atoms. The molecule has 2 aliphatic rings.